The molecule has 7 heteroatoms. The van der Waals surface area contributed by atoms with E-state index in [1.807, 2.05) is 24.3 Å². The summed E-state index contributed by atoms with van der Waals surface area (Å²) >= 11 is 0. The number of halogens is 1. The van der Waals surface area contributed by atoms with E-state index >= 15 is 0 Å². The van der Waals surface area contributed by atoms with Gasteiger partial charge in [0, 0.05) is 48.9 Å². The molecule has 0 bridgehead atoms. The van der Waals surface area contributed by atoms with E-state index in [2.05, 4.69) is 33.4 Å². The third-order valence-electron chi connectivity index (χ3n) is 6.18. The number of phenolic OH excluding ortho intramolecular Hbond substituents is 1. The Morgan fingerprint density at radius 2 is 1.91 bits per heavy atom. The van der Waals surface area contributed by atoms with Gasteiger partial charge in [0.2, 0.25) is 0 Å². The molecule has 2 aromatic carbocycles. The Kier molecular flexibility index (Phi) is 5.59. The summed E-state index contributed by atoms with van der Waals surface area (Å²) in [7, 11) is 0. The first-order chi connectivity index (χ1) is 15.6. The molecule has 0 spiro atoms. The maximum absolute atomic E-state index is 13.5. The zero-order chi connectivity index (χ0) is 22.1. The van der Waals surface area contributed by atoms with E-state index < -0.39 is 0 Å². The van der Waals surface area contributed by atoms with Crippen molar-refractivity contribution in [2.24, 2.45) is 0 Å². The summed E-state index contributed by atoms with van der Waals surface area (Å²) in [5.41, 5.74) is 5.81. The molecule has 0 radical (unpaired) electrons. The van der Waals surface area contributed by atoms with Crippen molar-refractivity contribution < 1.29 is 9.50 Å². The minimum atomic E-state index is -0.218. The molecule has 3 N–H and O–H groups in total. The van der Waals surface area contributed by atoms with Crippen LogP contribution in [-0.4, -0.2) is 44.8 Å². The van der Waals surface area contributed by atoms with Crippen molar-refractivity contribution in [2.75, 3.05) is 19.6 Å². The number of aromatic amines is 1. The van der Waals surface area contributed by atoms with Crippen LogP contribution in [0.25, 0.3) is 22.3 Å². The number of aryl methyl sites for hydroxylation is 1. The Labute approximate surface area is 186 Å². The average Bonchev–Trinajstić information content (AvgIpc) is 3.24. The number of aromatic nitrogens is 3. The lowest BCUT2D eigenvalue weighted by Crippen LogP contribution is -2.45. The Bertz CT molecular complexity index is 1220. The van der Waals surface area contributed by atoms with Crippen LogP contribution >= 0.6 is 0 Å². The molecule has 0 aliphatic carbocycles. The van der Waals surface area contributed by atoms with Crippen LogP contribution in [0.15, 0.2) is 54.6 Å². The Morgan fingerprint density at radius 1 is 1.12 bits per heavy atom. The number of pyridine rings is 1. The molecule has 5 rings (SSSR count). The second-order valence-electron chi connectivity index (χ2n) is 8.21. The van der Waals surface area contributed by atoms with E-state index in [0.717, 1.165) is 66.1 Å². The van der Waals surface area contributed by atoms with Gasteiger partial charge in [-0.3, -0.25) is 10.00 Å². The smallest absolute Gasteiger partial charge is 0.182 e. The molecule has 1 unspecified atom stereocenters. The number of piperazine rings is 1. The molecular weight excluding hydrogens is 405 g/mol. The van der Waals surface area contributed by atoms with Gasteiger partial charge in [0.1, 0.15) is 11.6 Å². The fourth-order valence-electron chi connectivity index (χ4n) is 4.50. The van der Waals surface area contributed by atoms with Crippen LogP contribution in [0.4, 0.5) is 4.39 Å². The summed E-state index contributed by atoms with van der Waals surface area (Å²) in [6, 6.07) is 16.2. The van der Waals surface area contributed by atoms with Gasteiger partial charge in [-0.15, -0.1) is 0 Å². The minimum Gasteiger partial charge on any atom is -0.508 e. The third kappa shape index (κ3) is 3.97. The van der Waals surface area contributed by atoms with Gasteiger partial charge < -0.3 is 10.4 Å². The van der Waals surface area contributed by atoms with E-state index in [1.165, 1.54) is 12.1 Å². The SMILES string of the molecule is CCc1[nH]nc2nc(-c3ccc(O)cc3)cc(CN3CCNCC3c3ccc(F)cc3)c12. The number of aromatic hydroxyl groups is 1. The van der Waals surface area contributed by atoms with E-state index in [1.54, 1.807) is 12.1 Å². The van der Waals surface area contributed by atoms with E-state index in [9.17, 15) is 9.50 Å². The molecule has 1 aliphatic rings. The largest absolute Gasteiger partial charge is 0.508 e. The highest BCUT2D eigenvalue weighted by atomic mass is 19.1. The average molecular weight is 432 g/mol. The van der Waals surface area contributed by atoms with Crippen molar-refractivity contribution in [2.45, 2.75) is 25.9 Å². The van der Waals surface area contributed by atoms with Gasteiger partial charge in [0.15, 0.2) is 5.65 Å². The lowest BCUT2D eigenvalue weighted by molar-refractivity contribution is 0.154. The van der Waals surface area contributed by atoms with Crippen LogP contribution < -0.4 is 5.32 Å². The highest BCUT2D eigenvalue weighted by molar-refractivity contribution is 5.84. The monoisotopic (exact) mass is 431 g/mol. The molecule has 4 aromatic rings. The van der Waals surface area contributed by atoms with E-state index in [4.69, 9.17) is 4.98 Å². The number of nitrogens with one attached hydrogen (secondary N) is 2. The first-order valence-electron chi connectivity index (χ1n) is 11.0. The Balaban J connectivity index is 1.56. The summed E-state index contributed by atoms with van der Waals surface area (Å²) in [4.78, 5) is 7.22. The molecule has 1 aliphatic heterocycles. The van der Waals surface area contributed by atoms with Crippen molar-refractivity contribution in [3.05, 3.63) is 77.2 Å². The van der Waals surface area contributed by atoms with Crippen molar-refractivity contribution in [1.29, 1.82) is 0 Å². The quantitative estimate of drug-likeness (QED) is 0.442. The fourth-order valence-corrected chi connectivity index (χ4v) is 4.50. The predicted octanol–water partition coefficient (Wildman–Crippen LogP) is 4.18. The molecule has 1 atom stereocenters. The summed E-state index contributed by atoms with van der Waals surface area (Å²) < 4.78 is 13.5. The van der Waals surface area contributed by atoms with Gasteiger partial charge in [-0.2, -0.15) is 5.10 Å². The maximum atomic E-state index is 13.5. The topological polar surface area (TPSA) is 77.1 Å². The second-order valence-corrected chi connectivity index (χ2v) is 8.21. The lowest BCUT2D eigenvalue weighted by atomic mass is 10.00. The number of hydrogen-bond acceptors (Lipinski definition) is 5. The highest BCUT2D eigenvalue weighted by Gasteiger charge is 2.25. The van der Waals surface area contributed by atoms with Crippen LogP contribution in [-0.2, 0) is 13.0 Å². The number of rotatable bonds is 5. The van der Waals surface area contributed by atoms with Crippen molar-refractivity contribution >= 4 is 11.0 Å². The van der Waals surface area contributed by atoms with Gasteiger partial charge in [-0.05, 0) is 60.0 Å². The number of hydrogen-bond donors (Lipinski definition) is 3. The lowest BCUT2D eigenvalue weighted by Gasteiger charge is -2.36. The van der Waals surface area contributed by atoms with Gasteiger partial charge in [-0.25, -0.2) is 9.37 Å². The first kappa shape index (κ1) is 20.6. The Morgan fingerprint density at radius 3 is 2.66 bits per heavy atom. The molecular formula is C25H26FN5O. The zero-order valence-electron chi connectivity index (χ0n) is 18.0. The molecule has 1 fully saturated rings. The van der Waals surface area contributed by atoms with Crippen molar-refractivity contribution in [1.82, 2.24) is 25.4 Å². The highest BCUT2D eigenvalue weighted by Crippen LogP contribution is 2.31. The van der Waals surface area contributed by atoms with Crippen molar-refractivity contribution in [3.8, 4) is 17.0 Å². The fraction of sp³-hybridized carbons (Fsp3) is 0.280. The van der Waals surface area contributed by atoms with Crippen LogP contribution in [0.2, 0.25) is 0 Å². The van der Waals surface area contributed by atoms with Crippen LogP contribution in [0.5, 0.6) is 5.75 Å². The first-order valence-corrected chi connectivity index (χ1v) is 11.0. The molecule has 32 heavy (non-hydrogen) atoms. The summed E-state index contributed by atoms with van der Waals surface area (Å²) in [6.07, 6.45) is 0.840. The standard InChI is InChI=1S/C25H26FN5O/c1-2-21-24-18(13-22(28-25(24)30-29-21)16-5-9-20(32)10-6-16)15-31-12-11-27-14-23(31)17-3-7-19(26)8-4-17/h3-10,13,23,27,32H,2,11-12,14-15H2,1H3,(H,28,29,30). The number of fused-ring (bicyclic) bond motifs is 1. The third-order valence-corrected chi connectivity index (χ3v) is 6.18. The minimum absolute atomic E-state index is 0.154. The number of benzene rings is 2. The molecule has 3 heterocycles. The van der Waals surface area contributed by atoms with Gasteiger partial charge >= 0.3 is 0 Å². The zero-order valence-corrected chi connectivity index (χ0v) is 18.0. The van der Waals surface area contributed by atoms with Crippen LogP contribution in [0.3, 0.4) is 0 Å². The van der Waals surface area contributed by atoms with E-state index in [0.29, 0.717) is 5.65 Å². The number of H-pyrrole nitrogens is 1. The van der Waals surface area contributed by atoms with E-state index in [-0.39, 0.29) is 17.6 Å². The maximum Gasteiger partial charge on any atom is 0.182 e. The molecule has 1 saturated heterocycles. The summed E-state index contributed by atoms with van der Waals surface area (Å²) in [5, 5.41) is 21.8. The Hall–Kier alpha value is -3.29. The number of phenols is 1. The second kappa shape index (κ2) is 8.68. The molecule has 164 valence electrons. The predicted molar refractivity (Wildman–Crippen MR) is 123 cm³/mol. The molecule has 0 saturated carbocycles. The number of nitrogens with zero attached hydrogens (tertiary/aromatic N) is 3. The van der Waals surface area contributed by atoms with Crippen LogP contribution in [0.1, 0.15) is 29.8 Å². The van der Waals surface area contributed by atoms with Crippen LogP contribution in [0, 0.1) is 5.82 Å². The van der Waals surface area contributed by atoms with Crippen molar-refractivity contribution in [3.63, 3.8) is 0 Å². The van der Waals surface area contributed by atoms with Gasteiger partial charge in [0.05, 0.1) is 5.69 Å². The summed E-state index contributed by atoms with van der Waals surface area (Å²) in [6.45, 7) is 5.45. The molecule has 6 nitrogen and oxygen atoms in total. The van der Waals surface area contributed by atoms with Gasteiger partial charge in [-0.1, -0.05) is 19.1 Å². The van der Waals surface area contributed by atoms with Gasteiger partial charge in [0.25, 0.3) is 0 Å². The normalized spacial score (nSPS) is 17.1. The molecule has 0 amide bonds. The molecule has 2 aromatic heterocycles. The summed E-state index contributed by atoms with van der Waals surface area (Å²) in [5.74, 6) is 0.00971.